The van der Waals surface area contributed by atoms with Crippen LogP contribution >= 0.6 is 0 Å². The van der Waals surface area contributed by atoms with Crippen LogP contribution in [0.2, 0.25) is 0 Å². The lowest BCUT2D eigenvalue weighted by molar-refractivity contribution is 0.0692. The number of amides is 2. The first-order valence-corrected chi connectivity index (χ1v) is 7.82. The molecule has 2 heterocycles. The highest BCUT2D eigenvalue weighted by Crippen LogP contribution is 2.42. The summed E-state index contributed by atoms with van der Waals surface area (Å²) in [6.07, 6.45) is 1.93. The number of halogens is 1. The van der Waals surface area contributed by atoms with Gasteiger partial charge in [-0.1, -0.05) is 12.1 Å². The molecule has 0 bridgehead atoms. The fourth-order valence-electron chi connectivity index (χ4n) is 3.15. The van der Waals surface area contributed by atoms with E-state index in [1.165, 1.54) is 25.4 Å². The Morgan fingerprint density at radius 2 is 1.62 bits per heavy atom. The van der Waals surface area contributed by atoms with Gasteiger partial charge in [0.25, 0.3) is 11.8 Å². The molecule has 7 heteroatoms. The normalized spacial score (nSPS) is 13.5. The smallest absolute Gasteiger partial charge is 0.265 e. The van der Waals surface area contributed by atoms with Crippen molar-refractivity contribution in [3.8, 4) is 11.5 Å². The molecule has 6 nitrogen and oxygen atoms in total. The Hall–Kier alpha value is -3.48. The van der Waals surface area contributed by atoms with E-state index in [9.17, 15) is 24.2 Å². The number of hydrogen-bond donors (Lipinski definition) is 2. The first kappa shape index (κ1) is 16.0. The molecular weight excluding hydrogens is 339 g/mol. The second kappa shape index (κ2) is 5.52. The van der Waals surface area contributed by atoms with Crippen molar-refractivity contribution in [1.29, 1.82) is 0 Å². The highest BCUT2D eigenvalue weighted by Gasteiger charge is 2.40. The van der Waals surface area contributed by atoms with Crippen molar-refractivity contribution in [3.05, 3.63) is 64.6 Å². The standard InChI is InChI=1S/C19H13FN2O4/c1-22-18(25)13-14(19(22)26)17(24)15-12(16(13)23)7-10(8-21-15)6-9-2-4-11(20)5-3-9/h2-5,7-8,23-24H,6H2,1H3. The molecule has 0 saturated heterocycles. The number of hydrogen-bond acceptors (Lipinski definition) is 5. The van der Waals surface area contributed by atoms with E-state index in [-0.39, 0.29) is 33.6 Å². The molecule has 0 spiro atoms. The largest absolute Gasteiger partial charge is 0.506 e. The molecule has 0 atom stereocenters. The summed E-state index contributed by atoms with van der Waals surface area (Å²) in [5.74, 6) is -2.51. The lowest BCUT2D eigenvalue weighted by Gasteiger charge is -2.09. The van der Waals surface area contributed by atoms with E-state index in [1.54, 1.807) is 18.2 Å². The Balaban J connectivity index is 1.87. The second-order valence-electron chi connectivity index (χ2n) is 6.16. The minimum atomic E-state index is -0.683. The molecule has 2 amide bonds. The van der Waals surface area contributed by atoms with Gasteiger partial charge in [-0.2, -0.15) is 0 Å². The van der Waals surface area contributed by atoms with Gasteiger partial charge in [0, 0.05) is 18.6 Å². The summed E-state index contributed by atoms with van der Waals surface area (Å²) in [6.45, 7) is 0. The van der Waals surface area contributed by atoms with Crippen molar-refractivity contribution in [2.75, 3.05) is 7.05 Å². The van der Waals surface area contributed by atoms with E-state index in [0.29, 0.717) is 12.0 Å². The minimum Gasteiger partial charge on any atom is -0.506 e. The van der Waals surface area contributed by atoms with Crippen molar-refractivity contribution in [2.24, 2.45) is 0 Å². The molecule has 4 rings (SSSR count). The maximum absolute atomic E-state index is 13.0. The van der Waals surface area contributed by atoms with Gasteiger partial charge in [-0.05, 0) is 35.7 Å². The summed E-state index contributed by atoms with van der Waals surface area (Å²) in [6, 6.07) is 7.56. The zero-order valence-corrected chi connectivity index (χ0v) is 13.7. The number of fused-ring (bicyclic) bond motifs is 2. The number of phenolic OH excluding ortho intramolecular Hbond substituents is 2. The van der Waals surface area contributed by atoms with E-state index in [1.807, 2.05) is 0 Å². The summed E-state index contributed by atoms with van der Waals surface area (Å²) >= 11 is 0. The molecule has 1 aliphatic rings. The van der Waals surface area contributed by atoms with Crippen LogP contribution in [0.3, 0.4) is 0 Å². The predicted molar refractivity (Wildman–Crippen MR) is 90.7 cm³/mol. The Bertz CT molecular complexity index is 1090. The zero-order chi connectivity index (χ0) is 18.6. The molecule has 1 aliphatic heterocycles. The molecule has 1 aromatic heterocycles. The number of benzene rings is 2. The molecule has 3 aromatic rings. The van der Waals surface area contributed by atoms with E-state index in [2.05, 4.69) is 4.98 Å². The van der Waals surface area contributed by atoms with Gasteiger partial charge in [-0.15, -0.1) is 0 Å². The minimum absolute atomic E-state index is 0.0422. The van der Waals surface area contributed by atoms with Crippen LogP contribution in [-0.4, -0.2) is 39.0 Å². The first-order valence-electron chi connectivity index (χ1n) is 7.82. The molecule has 0 unspecified atom stereocenters. The van der Waals surface area contributed by atoms with Gasteiger partial charge in [-0.25, -0.2) is 4.39 Å². The number of pyridine rings is 1. The van der Waals surface area contributed by atoms with Crippen LogP contribution in [0.1, 0.15) is 31.8 Å². The lowest BCUT2D eigenvalue weighted by atomic mass is 9.99. The number of nitrogens with zero attached hydrogens (tertiary/aromatic N) is 2. The number of aromatic hydroxyl groups is 2. The molecule has 2 N–H and O–H groups in total. The van der Waals surface area contributed by atoms with Gasteiger partial charge in [0.15, 0.2) is 5.75 Å². The molecule has 130 valence electrons. The molecule has 0 fully saturated rings. The van der Waals surface area contributed by atoms with Crippen LogP contribution < -0.4 is 0 Å². The summed E-state index contributed by atoms with van der Waals surface area (Å²) in [7, 11) is 1.28. The third kappa shape index (κ3) is 2.21. The molecule has 0 saturated carbocycles. The van der Waals surface area contributed by atoms with E-state index < -0.39 is 17.6 Å². The Morgan fingerprint density at radius 3 is 2.27 bits per heavy atom. The van der Waals surface area contributed by atoms with Crippen LogP contribution in [0, 0.1) is 5.82 Å². The fraction of sp³-hybridized carbons (Fsp3) is 0.105. The van der Waals surface area contributed by atoms with Gasteiger partial charge in [0.2, 0.25) is 0 Å². The van der Waals surface area contributed by atoms with Crippen LogP contribution in [0.5, 0.6) is 11.5 Å². The summed E-state index contributed by atoms with van der Waals surface area (Å²) in [5.41, 5.74) is 1.12. The maximum atomic E-state index is 13.0. The lowest BCUT2D eigenvalue weighted by Crippen LogP contribution is -2.24. The van der Waals surface area contributed by atoms with Crippen LogP contribution in [0.15, 0.2) is 36.5 Å². The monoisotopic (exact) mass is 352 g/mol. The number of rotatable bonds is 2. The van der Waals surface area contributed by atoms with E-state index >= 15 is 0 Å². The third-order valence-corrected chi connectivity index (χ3v) is 4.51. The quantitative estimate of drug-likeness (QED) is 0.546. The van der Waals surface area contributed by atoms with Crippen molar-refractivity contribution in [3.63, 3.8) is 0 Å². The summed E-state index contributed by atoms with van der Waals surface area (Å²) in [5, 5.41) is 21.1. The molecule has 2 aromatic carbocycles. The SMILES string of the molecule is CN1C(=O)c2c(c(O)c3ncc(Cc4ccc(F)cc4)cc3c2O)C1=O. The molecule has 26 heavy (non-hydrogen) atoms. The van der Waals surface area contributed by atoms with Crippen LogP contribution in [0.25, 0.3) is 10.9 Å². The average molecular weight is 352 g/mol. The third-order valence-electron chi connectivity index (χ3n) is 4.51. The van der Waals surface area contributed by atoms with Crippen LogP contribution in [0.4, 0.5) is 4.39 Å². The molecular formula is C19H13FN2O4. The highest BCUT2D eigenvalue weighted by atomic mass is 19.1. The van der Waals surface area contributed by atoms with E-state index in [4.69, 9.17) is 0 Å². The van der Waals surface area contributed by atoms with Gasteiger partial charge in [0.05, 0.1) is 5.56 Å². The van der Waals surface area contributed by atoms with Crippen molar-refractivity contribution in [1.82, 2.24) is 9.88 Å². The highest BCUT2D eigenvalue weighted by molar-refractivity contribution is 6.26. The van der Waals surface area contributed by atoms with Gasteiger partial charge < -0.3 is 10.2 Å². The number of carbonyl (C=O) groups excluding carboxylic acids is 2. The number of imide groups is 1. The first-order chi connectivity index (χ1) is 12.4. The van der Waals surface area contributed by atoms with Crippen molar-refractivity contribution in [2.45, 2.75) is 6.42 Å². The Kier molecular flexibility index (Phi) is 3.40. The van der Waals surface area contributed by atoms with Crippen molar-refractivity contribution < 1.29 is 24.2 Å². The second-order valence-corrected chi connectivity index (χ2v) is 6.16. The Morgan fingerprint density at radius 1 is 1.00 bits per heavy atom. The van der Waals surface area contributed by atoms with Crippen LogP contribution in [-0.2, 0) is 6.42 Å². The number of aromatic nitrogens is 1. The summed E-state index contributed by atoms with van der Waals surface area (Å²) < 4.78 is 13.0. The fourth-order valence-corrected chi connectivity index (χ4v) is 3.15. The van der Waals surface area contributed by atoms with Gasteiger partial charge in [-0.3, -0.25) is 19.5 Å². The van der Waals surface area contributed by atoms with Crippen molar-refractivity contribution >= 4 is 22.7 Å². The maximum Gasteiger partial charge on any atom is 0.265 e. The molecule has 0 aliphatic carbocycles. The topological polar surface area (TPSA) is 90.7 Å². The zero-order valence-electron chi connectivity index (χ0n) is 13.7. The van der Waals surface area contributed by atoms with Gasteiger partial charge >= 0.3 is 0 Å². The summed E-state index contributed by atoms with van der Waals surface area (Å²) in [4.78, 5) is 29.3. The Labute approximate surface area is 147 Å². The number of carbonyl (C=O) groups is 2. The van der Waals surface area contributed by atoms with E-state index in [0.717, 1.165) is 10.5 Å². The average Bonchev–Trinajstić information content (AvgIpc) is 2.86. The predicted octanol–water partition coefficient (Wildman–Crippen LogP) is 2.60. The molecule has 0 radical (unpaired) electrons. The number of phenols is 2. The van der Waals surface area contributed by atoms with Gasteiger partial charge in [0.1, 0.15) is 22.6 Å².